The zero-order valence-corrected chi connectivity index (χ0v) is 18.5. The van der Waals surface area contributed by atoms with E-state index < -0.39 is 17.6 Å². The van der Waals surface area contributed by atoms with Gasteiger partial charge in [0, 0.05) is 16.9 Å². The summed E-state index contributed by atoms with van der Waals surface area (Å²) in [6, 6.07) is 17.5. The summed E-state index contributed by atoms with van der Waals surface area (Å²) in [7, 11) is 0. The average molecular weight is 464 g/mol. The highest BCUT2D eigenvalue weighted by molar-refractivity contribution is 6.53. The molecule has 0 aromatic heterocycles. The first kappa shape index (κ1) is 22.2. The van der Waals surface area contributed by atoms with Gasteiger partial charge >= 0.3 is 0 Å². The minimum absolute atomic E-state index is 0.191. The Morgan fingerprint density at radius 3 is 2.27 bits per heavy atom. The van der Waals surface area contributed by atoms with E-state index in [0.29, 0.717) is 21.8 Å². The molecule has 3 amide bonds. The number of halogens is 2. The summed E-state index contributed by atoms with van der Waals surface area (Å²) in [5, 5.41) is 5.28. The molecule has 0 aliphatic carbocycles. The van der Waals surface area contributed by atoms with Crippen molar-refractivity contribution in [2.45, 2.75) is 13.8 Å². The smallest absolute Gasteiger partial charge is 0.283 e. The van der Waals surface area contributed by atoms with Gasteiger partial charge in [-0.1, -0.05) is 35.9 Å². The Hall–Kier alpha value is -3.97. The van der Waals surface area contributed by atoms with Gasteiger partial charge in [-0.2, -0.15) is 0 Å². The van der Waals surface area contributed by atoms with Gasteiger partial charge in [-0.05, 0) is 67.4 Å². The van der Waals surface area contributed by atoms with Gasteiger partial charge < -0.3 is 10.6 Å². The molecule has 8 heteroatoms. The number of para-hydroxylation sites is 1. The Morgan fingerprint density at radius 2 is 1.58 bits per heavy atom. The van der Waals surface area contributed by atoms with E-state index in [2.05, 4.69) is 10.6 Å². The van der Waals surface area contributed by atoms with Crippen molar-refractivity contribution < 1.29 is 18.8 Å². The molecule has 0 spiro atoms. The molecule has 1 heterocycles. The van der Waals surface area contributed by atoms with Crippen LogP contribution in [-0.2, 0) is 9.59 Å². The molecule has 0 atom stereocenters. The first-order valence-electron chi connectivity index (χ1n) is 10.0. The van der Waals surface area contributed by atoms with Crippen LogP contribution >= 0.6 is 11.6 Å². The van der Waals surface area contributed by atoms with Gasteiger partial charge in [-0.3, -0.25) is 14.4 Å². The van der Waals surface area contributed by atoms with E-state index in [4.69, 9.17) is 11.6 Å². The number of hydrogen-bond donors (Lipinski definition) is 2. The van der Waals surface area contributed by atoms with E-state index in [1.54, 1.807) is 18.2 Å². The highest BCUT2D eigenvalue weighted by atomic mass is 35.5. The molecule has 33 heavy (non-hydrogen) atoms. The van der Waals surface area contributed by atoms with Crippen molar-refractivity contribution in [1.29, 1.82) is 0 Å². The van der Waals surface area contributed by atoms with Crippen LogP contribution in [-0.4, -0.2) is 17.7 Å². The van der Waals surface area contributed by atoms with E-state index in [1.165, 1.54) is 24.3 Å². The lowest BCUT2D eigenvalue weighted by atomic mass is 10.1. The van der Waals surface area contributed by atoms with Crippen LogP contribution in [0.4, 0.5) is 21.5 Å². The number of benzene rings is 3. The highest BCUT2D eigenvalue weighted by Crippen LogP contribution is 2.31. The fourth-order valence-corrected chi connectivity index (χ4v) is 3.81. The summed E-state index contributed by atoms with van der Waals surface area (Å²) in [4.78, 5) is 38.8. The molecule has 0 fully saturated rings. The minimum Gasteiger partial charge on any atom is -0.350 e. The van der Waals surface area contributed by atoms with Crippen LogP contribution in [0.1, 0.15) is 21.5 Å². The Bertz CT molecular complexity index is 1320. The molecule has 2 N–H and O–H groups in total. The maximum absolute atomic E-state index is 14.2. The van der Waals surface area contributed by atoms with Gasteiger partial charge in [0.05, 0.1) is 5.69 Å². The lowest BCUT2D eigenvalue weighted by molar-refractivity contribution is -0.120. The summed E-state index contributed by atoms with van der Waals surface area (Å²) in [5.74, 6) is -2.70. The molecular formula is C25H19ClFN3O3. The SMILES string of the molecule is Cc1cc(C)cc(NC(=O)c2cccc(NC3=C(Cl)C(=O)N(c4ccccc4F)C3=O)c2)c1. The van der Waals surface area contributed by atoms with E-state index in [1.807, 2.05) is 32.0 Å². The van der Waals surface area contributed by atoms with Crippen LogP contribution < -0.4 is 15.5 Å². The molecule has 6 nitrogen and oxygen atoms in total. The first-order valence-corrected chi connectivity index (χ1v) is 10.4. The first-order chi connectivity index (χ1) is 15.7. The quantitative estimate of drug-likeness (QED) is 0.514. The molecule has 0 saturated heterocycles. The summed E-state index contributed by atoms with van der Waals surface area (Å²) in [6.45, 7) is 3.88. The maximum Gasteiger partial charge on any atom is 0.283 e. The second-order valence-corrected chi connectivity index (χ2v) is 8.00. The molecule has 0 bridgehead atoms. The standard InChI is InChI=1S/C25H19ClFN3O3/c1-14-10-15(2)12-18(11-14)29-23(31)16-6-5-7-17(13-16)28-22-21(26)24(32)30(25(22)33)20-9-4-3-8-19(20)27/h3-13,28H,1-2H3,(H,29,31). The van der Waals surface area contributed by atoms with Gasteiger partial charge in [-0.25, -0.2) is 9.29 Å². The van der Waals surface area contributed by atoms with Crippen LogP contribution in [0.25, 0.3) is 0 Å². The number of amides is 3. The van der Waals surface area contributed by atoms with Crippen LogP contribution in [0, 0.1) is 19.7 Å². The fourth-order valence-electron chi connectivity index (χ4n) is 3.60. The normalized spacial score (nSPS) is 13.5. The average Bonchev–Trinajstić information content (AvgIpc) is 2.97. The highest BCUT2D eigenvalue weighted by Gasteiger charge is 2.40. The zero-order valence-electron chi connectivity index (χ0n) is 17.8. The molecule has 1 aliphatic rings. The number of rotatable bonds is 5. The van der Waals surface area contributed by atoms with E-state index in [0.717, 1.165) is 17.2 Å². The summed E-state index contributed by atoms with van der Waals surface area (Å²) in [5.41, 5.74) is 3.02. The van der Waals surface area contributed by atoms with Crippen LogP contribution in [0.3, 0.4) is 0 Å². The molecule has 166 valence electrons. The fraction of sp³-hybridized carbons (Fsp3) is 0.0800. The number of nitrogens with zero attached hydrogens (tertiary/aromatic N) is 1. The molecule has 0 saturated carbocycles. The van der Waals surface area contributed by atoms with Crippen molar-refractivity contribution >= 4 is 46.4 Å². The number of carbonyl (C=O) groups is 3. The molecule has 3 aromatic rings. The number of nitrogens with one attached hydrogen (secondary N) is 2. The maximum atomic E-state index is 14.2. The van der Waals surface area contributed by atoms with Crippen LogP contribution in [0.2, 0.25) is 0 Å². The van der Waals surface area contributed by atoms with E-state index in [9.17, 15) is 18.8 Å². The largest absolute Gasteiger partial charge is 0.350 e. The van der Waals surface area contributed by atoms with Crippen molar-refractivity contribution in [2.24, 2.45) is 0 Å². The third-order valence-corrected chi connectivity index (χ3v) is 5.34. The Labute approximate surface area is 194 Å². The number of anilines is 3. The third kappa shape index (κ3) is 4.49. The summed E-state index contributed by atoms with van der Waals surface area (Å²) < 4.78 is 14.2. The lowest BCUT2D eigenvalue weighted by Crippen LogP contribution is -2.33. The third-order valence-electron chi connectivity index (χ3n) is 4.99. The number of imide groups is 1. The molecule has 1 aliphatic heterocycles. The van der Waals surface area contributed by atoms with Crippen LogP contribution in [0.5, 0.6) is 0 Å². The van der Waals surface area contributed by atoms with Crippen LogP contribution in [0.15, 0.2) is 77.5 Å². The Balaban J connectivity index is 1.55. The minimum atomic E-state index is -0.835. The van der Waals surface area contributed by atoms with Gasteiger partial charge in [0.1, 0.15) is 16.5 Å². The van der Waals surface area contributed by atoms with Gasteiger partial charge in [0.25, 0.3) is 17.7 Å². The zero-order chi connectivity index (χ0) is 23.7. The predicted molar refractivity (Wildman–Crippen MR) is 126 cm³/mol. The second kappa shape index (κ2) is 8.88. The summed E-state index contributed by atoms with van der Waals surface area (Å²) >= 11 is 6.11. The van der Waals surface area contributed by atoms with Crippen molar-refractivity contribution in [3.05, 3.63) is 100.0 Å². The van der Waals surface area contributed by atoms with Crippen molar-refractivity contribution in [1.82, 2.24) is 0 Å². The molecule has 0 unspecified atom stereocenters. The molecular weight excluding hydrogens is 445 g/mol. The van der Waals surface area contributed by atoms with Crippen molar-refractivity contribution in [3.8, 4) is 0 Å². The molecule has 4 rings (SSSR count). The lowest BCUT2D eigenvalue weighted by Gasteiger charge is -2.15. The molecule has 0 radical (unpaired) electrons. The van der Waals surface area contributed by atoms with Crippen molar-refractivity contribution in [2.75, 3.05) is 15.5 Å². The molecule has 3 aromatic carbocycles. The van der Waals surface area contributed by atoms with Crippen molar-refractivity contribution in [3.63, 3.8) is 0 Å². The van der Waals surface area contributed by atoms with E-state index >= 15 is 0 Å². The number of hydrogen-bond acceptors (Lipinski definition) is 4. The second-order valence-electron chi connectivity index (χ2n) is 7.62. The monoisotopic (exact) mass is 463 g/mol. The topological polar surface area (TPSA) is 78.5 Å². The van der Waals surface area contributed by atoms with E-state index in [-0.39, 0.29) is 22.3 Å². The number of carbonyl (C=O) groups excluding carboxylic acids is 3. The van der Waals surface area contributed by atoms with Gasteiger partial charge in [0.2, 0.25) is 0 Å². The van der Waals surface area contributed by atoms with Gasteiger partial charge in [0.15, 0.2) is 0 Å². The number of aryl methyl sites for hydroxylation is 2. The summed E-state index contributed by atoms with van der Waals surface area (Å²) in [6.07, 6.45) is 0. The Kier molecular flexibility index (Phi) is 5.98. The van der Waals surface area contributed by atoms with Gasteiger partial charge in [-0.15, -0.1) is 0 Å². The Morgan fingerprint density at radius 1 is 0.879 bits per heavy atom. The predicted octanol–water partition coefficient (Wildman–Crippen LogP) is 5.13.